The first-order valence-electron chi connectivity index (χ1n) is 6.77. The summed E-state index contributed by atoms with van der Waals surface area (Å²) in [7, 11) is 0. The van der Waals surface area contributed by atoms with E-state index in [1.165, 1.54) is 25.7 Å². The zero-order valence-electron chi connectivity index (χ0n) is 10.8. The summed E-state index contributed by atoms with van der Waals surface area (Å²) in [6.07, 6.45) is 7.19. The molecule has 1 saturated carbocycles. The van der Waals surface area contributed by atoms with Gasteiger partial charge in [0.2, 0.25) is 0 Å². The molecule has 3 nitrogen and oxygen atoms in total. The Bertz CT molecular complexity index is 535. The predicted octanol–water partition coefficient (Wildman–Crippen LogP) is 3.62. The summed E-state index contributed by atoms with van der Waals surface area (Å²) in [5.41, 5.74) is 2.59. The minimum Gasteiger partial charge on any atom is -0.383 e. The van der Waals surface area contributed by atoms with Crippen LogP contribution in [0.25, 0.3) is 10.9 Å². The lowest BCUT2D eigenvalue weighted by Gasteiger charge is -2.41. The quantitative estimate of drug-likeness (QED) is 0.888. The Morgan fingerprint density at radius 3 is 2.83 bits per heavy atom. The molecule has 0 radical (unpaired) electrons. The van der Waals surface area contributed by atoms with E-state index >= 15 is 0 Å². The average molecular weight is 241 g/mol. The highest BCUT2D eigenvalue weighted by molar-refractivity contribution is 5.90. The Kier molecular flexibility index (Phi) is 2.90. The standard InChI is InChI=1S/C15H19N3/c1-2-15(8-5-9-15)11-16-14-10-17-18-13-7-4-3-6-12(13)14/h3-4,6-7,10H,2,5,8-9,11H2,1H3,(H,16,18). The molecule has 2 aromatic rings. The first-order valence-corrected chi connectivity index (χ1v) is 6.77. The van der Waals surface area contributed by atoms with Crippen LogP contribution >= 0.6 is 0 Å². The Balaban J connectivity index is 1.82. The van der Waals surface area contributed by atoms with Crippen molar-refractivity contribution in [1.82, 2.24) is 10.2 Å². The molecule has 1 aliphatic carbocycles. The zero-order chi connectivity index (χ0) is 12.4. The van der Waals surface area contributed by atoms with E-state index in [0.29, 0.717) is 5.41 Å². The van der Waals surface area contributed by atoms with E-state index in [0.717, 1.165) is 23.1 Å². The van der Waals surface area contributed by atoms with Crippen molar-refractivity contribution in [3.63, 3.8) is 0 Å². The summed E-state index contributed by atoms with van der Waals surface area (Å²) >= 11 is 0. The third-order valence-corrected chi connectivity index (χ3v) is 4.36. The molecule has 94 valence electrons. The van der Waals surface area contributed by atoms with Gasteiger partial charge in [0, 0.05) is 11.9 Å². The summed E-state index contributed by atoms with van der Waals surface area (Å²) in [6, 6.07) is 8.16. The Labute approximate surface area is 108 Å². The number of rotatable bonds is 4. The van der Waals surface area contributed by atoms with Gasteiger partial charge < -0.3 is 5.32 Å². The molecule has 3 rings (SSSR count). The maximum atomic E-state index is 4.15. The molecule has 1 aliphatic rings. The van der Waals surface area contributed by atoms with Gasteiger partial charge in [-0.3, -0.25) is 0 Å². The van der Waals surface area contributed by atoms with Crippen molar-refractivity contribution in [2.24, 2.45) is 5.41 Å². The van der Waals surface area contributed by atoms with Crippen LogP contribution in [-0.2, 0) is 0 Å². The van der Waals surface area contributed by atoms with Crippen LogP contribution in [-0.4, -0.2) is 16.7 Å². The molecule has 1 aromatic heterocycles. The smallest absolute Gasteiger partial charge is 0.0950 e. The molecule has 0 atom stereocenters. The number of nitrogens with one attached hydrogen (secondary N) is 1. The molecule has 0 aliphatic heterocycles. The number of aromatic nitrogens is 2. The van der Waals surface area contributed by atoms with Crippen LogP contribution in [0.1, 0.15) is 32.6 Å². The van der Waals surface area contributed by atoms with Gasteiger partial charge in [0.25, 0.3) is 0 Å². The Morgan fingerprint density at radius 1 is 1.28 bits per heavy atom. The molecule has 1 N–H and O–H groups in total. The number of anilines is 1. The van der Waals surface area contributed by atoms with Crippen molar-refractivity contribution < 1.29 is 0 Å². The lowest BCUT2D eigenvalue weighted by Crippen LogP contribution is -2.35. The van der Waals surface area contributed by atoms with Crippen molar-refractivity contribution in [2.45, 2.75) is 32.6 Å². The molecular weight excluding hydrogens is 222 g/mol. The fraction of sp³-hybridized carbons (Fsp3) is 0.467. The second kappa shape index (κ2) is 4.56. The van der Waals surface area contributed by atoms with Gasteiger partial charge in [-0.2, -0.15) is 10.2 Å². The number of benzene rings is 1. The van der Waals surface area contributed by atoms with Crippen LogP contribution < -0.4 is 5.32 Å². The van der Waals surface area contributed by atoms with Crippen molar-refractivity contribution >= 4 is 16.6 Å². The van der Waals surface area contributed by atoms with Crippen LogP contribution in [0.2, 0.25) is 0 Å². The second-order valence-electron chi connectivity index (χ2n) is 5.34. The fourth-order valence-corrected chi connectivity index (χ4v) is 2.76. The lowest BCUT2D eigenvalue weighted by atomic mass is 9.67. The van der Waals surface area contributed by atoms with Crippen LogP contribution in [0, 0.1) is 5.41 Å². The second-order valence-corrected chi connectivity index (χ2v) is 5.34. The highest BCUT2D eigenvalue weighted by Crippen LogP contribution is 2.43. The number of hydrogen-bond acceptors (Lipinski definition) is 3. The van der Waals surface area contributed by atoms with E-state index in [1.807, 2.05) is 24.4 Å². The predicted molar refractivity (Wildman–Crippen MR) is 74.6 cm³/mol. The minimum atomic E-state index is 0.518. The van der Waals surface area contributed by atoms with Crippen molar-refractivity contribution in [3.05, 3.63) is 30.5 Å². The molecule has 1 heterocycles. The van der Waals surface area contributed by atoms with E-state index in [2.05, 4.69) is 28.5 Å². The van der Waals surface area contributed by atoms with E-state index in [1.54, 1.807) is 0 Å². The van der Waals surface area contributed by atoms with Gasteiger partial charge in [-0.05, 0) is 30.7 Å². The van der Waals surface area contributed by atoms with E-state index in [4.69, 9.17) is 0 Å². The summed E-state index contributed by atoms with van der Waals surface area (Å²) < 4.78 is 0. The molecule has 3 heteroatoms. The highest BCUT2D eigenvalue weighted by atomic mass is 15.1. The van der Waals surface area contributed by atoms with Gasteiger partial charge in [-0.25, -0.2) is 0 Å². The molecule has 0 bridgehead atoms. The van der Waals surface area contributed by atoms with Crippen molar-refractivity contribution in [3.8, 4) is 0 Å². The summed E-state index contributed by atoms with van der Waals surface area (Å²) in [4.78, 5) is 0. The number of nitrogens with zero attached hydrogens (tertiary/aromatic N) is 2. The van der Waals surface area contributed by atoms with Crippen molar-refractivity contribution in [2.75, 3.05) is 11.9 Å². The highest BCUT2D eigenvalue weighted by Gasteiger charge is 2.34. The third-order valence-electron chi connectivity index (χ3n) is 4.36. The molecule has 0 spiro atoms. The average Bonchev–Trinajstić information content (AvgIpc) is 2.38. The topological polar surface area (TPSA) is 37.8 Å². The SMILES string of the molecule is CCC1(CNc2cnnc3ccccc23)CCC1. The third kappa shape index (κ3) is 1.94. The van der Waals surface area contributed by atoms with E-state index in [9.17, 15) is 0 Å². The van der Waals surface area contributed by atoms with E-state index in [-0.39, 0.29) is 0 Å². The minimum absolute atomic E-state index is 0.518. The number of hydrogen-bond donors (Lipinski definition) is 1. The molecule has 1 fully saturated rings. The molecule has 0 amide bonds. The molecule has 1 aromatic carbocycles. The van der Waals surface area contributed by atoms with Crippen molar-refractivity contribution in [1.29, 1.82) is 0 Å². The lowest BCUT2D eigenvalue weighted by molar-refractivity contribution is 0.145. The normalized spacial score (nSPS) is 17.4. The first kappa shape index (κ1) is 11.5. The zero-order valence-corrected chi connectivity index (χ0v) is 10.8. The summed E-state index contributed by atoms with van der Waals surface area (Å²) in [6.45, 7) is 3.35. The van der Waals surface area contributed by atoms with Gasteiger partial charge in [0.05, 0.1) is 17.4 Å². The number of fused-ring (bicyclic) bond motifs is 1. The maximum absolute atomic E-state index is 4.15. The molecule has 18 heavy (non-hydrogen) atoms. The molecule has 0 saturated heterocycles. The van der Waals surface area contributed by atoms with Crippen LogP contribution in [0.5, 0.6) is 0 Å². The fourth-order valence-electron chi connectivity index (χ4n) is 2.76. The first-order chi connectivity index (χ1) is 8.83. The molecule has 0 unspecified atom stereocenters. The van der Waals surface area contributed by atoms with Gasteiger partial charge in [-0.15, -0.1) is 0 Å². The van der Waals surface area contributed by atoms with Crippen LogP contribution in [0.4, 0.5) is 5.69 Å². The van der Waals surface area contributed by atoms with Gasteiger partial charge >= 0.3 is 0 Å². The van der Waals surface area contributed by atoms with E-state index < -0.39 is 0 Å². The van der Waals surface area contributed by atoms with Crippen LogP contribution in [0.15, 0.2) is 30.5 Å². The Morgan fingerprint density at radius 2 is 2.11 bits per heavy atom. The summed E-state index contributed by atoms with van der Waals surface area (Å²) in [5.74, 6) is 0. The van der Waals surface area contributed by atoms with Gasteiger partial charge in [0.15, 0.2) is 0 Å². The maximum Gasteiger partial charge on any atom is 0.0950 e. The largest absolute Gasteiger partial charge is 0.383 e. The Hall–Kier alpha value is -1.64. The van der Waals surface area contributed by atoms with Gasteiger partial charge in [0.1, 0.15) is 0 Å². The monoisotopic (exact) mass is 241 g/mol. The van der Waals surface area contributed by atoms with Crippen LogP contribution in [0.3, 0.4) is 0 Å². The van der Waals surface area contributed by atoms with Gasteiger partial charge in [-0.1, -0.05) is 31.5 Å². The molecular formula is C15H19N3. The summed E-state index contributed by atoms with van der Waals surface area (Å²) in [5, 5.41) is 13.0.